The maximum atomic E-state index is 11.0. The number of carboxylic acids is 1. The third-order valence-corrected chi connectivity index (χ3v) is 3.75. The first-order chi connectivity index (χ1) is 10.1. The van der Waals surface area contributed by atoms with Crippen LogP contribution in [0.25, 0.3) is 0 Å². The van der Waals surface area contributed by atoms with Crippen LogP contribution < -0.4 is 4.74 Å². The van der Waals surface area contributed by atoms with Gasteiger partial charge in [-0.3, -0.25) is 0 Å². The molecular formula is C16H14ClNO3. The minimum atomic E-state index is -1.06. The predicted molar refractivity (Wildman–Crippen MR) is 79.4 cm³/mol. The average molecular weight is 304 g/mol. The van der Waals surface area contributed by atoms with E-state index in [9.17, 15) is 4.79 Å². The number of hydrogen-bond acceptors (Lipinski definition) is 3. The smallest absolute Gasteiger partial charge is 0.335 e. The van der Waals surface area contributed by atoms with E-state index in [0.717, 1.165) is 12.8 Å². The Balaban J connectivity index is 1.88. The molecule has 0 radical (unpaired) electrons. The number of benzene rings is 1. The lowest BCUT2D eigenvalue weighted by Gasteiger charge is -2.16. The van der Waals surface area contributed by atoms with Crippen molar-refractivity contribution in [1.82, 2.24) is 4.98 Å². The van der Waals surface area contributed by atoms with Gasteiger partial charge in [0.15, 0.2) is 0 Å². The van der Waals surface area contributed by atoms with Crippen molar-refractivity contribution in [3.63, 3.8) is 0 Å². The summed E-state index contributed by atoms with van der Waals surface area (Å²) in [6, 6.07) is 8.61. The first kappa shape index (κ1) is 13.9. The largest absolute Gasteiger partial charge is 0.478 e. The quantitative estimate of drug-likeness (QED) is 0.867. The van der Waals surface area contributed by atoms with Crippen molar-refractivity contribution in [2.24, 2.45) is 0 Å². The van der Waals surface area contributed by atoms with Gasteiger partial charge >= 0.3 is 5.97 Å². The zero-order valence-corrected chi connectivity index (χ0v) is 12.1. The molecule has 1 aromatic heterocycles. The molecule has 1 aromatic carbocycles. The molecule has 0 saturated heterocycles. The summed E-state index contributed by atoms with van der Waals surface area (Å²) >= 11 is 5.82. The van der Waals surface area contributed by atoms with Crippen molar-refractivity contribution in [3.05, 3.63) is 52.2 Å². The zero-order valence-electron chi connectivity index (χ0n) is 11.3. The summed E-state index contributed by atoms with van der Waals surface area (Å²) in [5.41, 5.74) is 2.71. The molecule has 0 atom stereocenters. The van der Waals surface area contributed by atoms with Crippen LogP contribution in [0.4, 0.5) is 0 Å². The first-order valence-corrected chi connectivity index (χ1v) is 7.20. The number of rotatable bonds is 3. The van der Waals surface area contributed by atoms with Crippen LogP contribution in [0, 0.1) is 0 Å². The van der Waals surface area contributed by atoms with Crippen molar-refractivity contribution in [1.29, 1.82) is 0 Å². The van der Waals surface area contributed by atoms with Crippen LogP contribution >= 0.6 is 11.6 Å². The molecule has 0 fully saturated rings. The Morgan fingerprint density at radius 1 is 1.14 bits per heavy atom. The Bertz CT molecular complexity index is 700. The van der Waals surface area contributed by atoms with E-state index < -0.39 is 5.97 Å². The molecule has 1 aliphatic carbocycles. The van der Waals surface area contributed by atoms with Crippen molar-refractivity contribution in [3.8, 4) is 11.6 Å². The van der Waals surface area contributed by atoms with Crippen molar-refractivity contribution < 1.29 is 14.6 Å². The minimum Gasteiger partial charge on any atom is -0.478 e. The van der Waals surface area contributed by atoms with Crippen molar-refractivity contribution >= 4 is 17.6 Å². The summed E-state index contributed by atoms with van der Waals surface area (Å²) in [7, 11) is 0. The third kappa shape index (κ3) is 3.16. The minimum absolute atomic E-state index is 0.0583. The molecule has 0 spiro atoms. The average Bonchev–Trinajstić information content (AvgIpc) is 2.46. The predicted octanol–water partition coefficient (Wildman–Crippen LogP) is 4.10. The molecule has 0 aliphatic heterocycles. The van der Waals surface area contributed by atoms with Crippen LogP contribution in [0.15, 0.2) is 30.3 Å². The molecule has 108 valence electrons. The van der Waals surface area contributed by atoms with Gasteiger partial charge in [-0.25, -0.2) is 9.78 Å². The number of ether oxygens (including phenoxy) is 1. The lowest BCUT2D eigenvalue weighted by atomic mass is 9.92. The van der Waals surface area contributed by atoms with E-state index in [1.54, 1.807) is 0 Å². The van der Waals surface area contributed by atoms with Crippen LogP contribution in [0.3, 0.4) is 0 Å². The number of aromatic carboxylic acids is 1. The summed E-state index contributed by atoms with van der Waals surface area (Å²) in [5, 5.41) is 9.12. The Morgan fingerprint density at radius 2 is 1.90 bits per heavy atom. The SMILES string of the molecule is O=C(O)c1cc(Cl)nc(Oc2ccc3c(c2)CCCC3)c1. The van der Waals surface area contributed by atoms with Gasteiger partial charge in [-0.1, -0.05) is 17.7 Å². The summed E-state index contributed by atoms with van der Waals surface area (Å²) < 4.78 is 5.66. The molecule has 1 heterocycles. The van der Waals surface area contributed by atoms with Crippen LogP contribution in [-0.2, 0) is 12.8 Å². The Morgan fingerprint density at radius 3 is 2.67 bits per heavy atom. The summed E-state index contributed by atoms with van der Waals surface area (Å²) in [4.78, 5) is 15.0. The van der Waals surface area contributed by atoms with E-state index in [2.05, 4.69) is 11.1 Å². The topological polar surface area (TPSA) is 59.4 Å². The van der Waals surface area contributed by atoms with Gasteiger partial charge in [0.25, 0.3) is 0 Å². The molecule has 3 rings (SSSR count). The number of carbonyl (C=O) groups is 1. The van der Waals surface area contributed by atoms with E-state index in [-0.39, 0.29) is 16.6 Å². The van der Waals surface area contributed by atoms with Gasteiger partial charge in [0.1, 0.15) is 10.9 Å². The highest BCUT2D eigenvalue weighted by atomic mass is 35.5. The molecule has 0 bridgehead atoms. The van der Waals surface area contributed by atoms with Gasteiger partial charge in [0, 0.05) is 6.07 Å². The molecule has 1 aliphatic rings. The fraction of sp³-hybridized carbons (Fsp3) is 0.250. The maximum Gasteiger partial charge on any atom is 0.335 e. The van der Waals surface area contributed by atoms with Gasteiger partial charge in [0.05, 0.1) is 5.56 Å². The van der Waals surface area contributed by atoms with Crippen molar-refractivity contribution in [2.45, 2.75) is 25.7 Å². The Labute approximate surface area is 127 Å². The van der Waals surface area contributed by atoms with Gasteiger partial charge in [0.2, 0.25) is 5.88 Å². The van der Waals surface area contributed by atoms with Crippen LogP contribution in [-0.4, -0.2) is 16.1 Å². The molecule has 4 nitrogen and oxygen atoms in total. The highest BCUT2D eigenvalue weighted by Gasteiger charge is 2.12. The second kappa shape index (κ2) is 5.74. The van der Waals surface area contributed by atoms with Crippen LogP contribution in [0.2, 0.25) is 5.15 Å². The fourth-order valence-electron chi connectivity index (χ4n) is 2.54. The summed E-state index contributed by atoms with van der Waals surface area (Å²) in [6.45, 7) is 0. The van der Waals surface area contributed by atoms with Gasteiger partial charge < -0.3 is 9.84 Å². The van der Waals surface area contributed by atoms with Crippen molar-refractivity contribution in [2.75, 3.05) is 0 Å². The lowest BCUT2D eigenvalue weighted by Crippen LogP contribution is -2.03. The highest BCUT2D eigenvalue weighted by Crippen LogP contribution is 2.28. The van der Waals surface area contributed by atoms with Gasteiger partial charge in [-0.15, -0.1) is 0 Å². The third-order valence-electron chi connectivity index (χ3n) is 3.56. The molecule has 0 saturated carbocycles. The molecule has 1 N–H and O–H groups in total. The van der Waals surface area contributed by atoms with E-state index in [1.165, 1.54) is 36.1 Å². The second-order valence-electron chi connectivity index (χ2n) is 5.06. The van der Waals surface area contributed by atoms with E-state index in [0.29, 0.717) is 5.75 Å². The zero-order chi connectivity index (χ0) is 14.8. The van der Waals surface area contributed by atoms with E-state index >= 15 is 0 Å². The first-order valence-electron chi connectivity index (χ1n) is 6.82. The second-order valence-corrected chi connectivity index (χ2v) is 5.45. The van der Waals surface area contributed by atoms with Gasteiger partial charge in [-0.05, 0) is 55.0 Å². The monoisotopic (exact) mass is 303 g/mol. The number of hydrogen-bond donors (Lipinski definition) is 1. The molecule has 5 heteroatoms. The molecule has 0 amide bonds. The maximum absolute atomic E-state index is 11.0. The molecule has 21 heavy (non-hydrogen) atoms. The standard InChI is InChI=1S/C16H14ClNO3/c17-14-8-12(16(19)20)9-15(18-14)21-13-6-5-10-3-1-2-4-11(10)7-13/h5-9H,1-4H2,(H,19,20). The number of carboxylic acid groups (broad SMARTS) is 1. The molecule has 0 unspecified atom stereocenters. The van der Waals surface area contributed by atoms with Gasteiger partial charge in [-0.2, -0.15) is 0 Å². The number of fused-ring (bicyclic) bond motifs is 1. The normalized spacial score (nSPS) is 13.6. The number of pyridine rings is 1. The van der Waals surface area contributed by atoms with E-state index in [4.69, 9.17) is 21.4 Å². The summed E-state index contributed by atoms with van der Waals surface area (Å²) in [6.07, 6.45) is 4.57. The molecular weight excluding hydrogens is 290 g/mol. The Hall–Kier alpha value is -2.07. The van der Waals surface area contributed by atoms with E-state index in [1.807, 2.05) is 12.1 Å². The lowest BCUT2D eigenvalue weighted by molar-refractivity contribution is 0.0696. The number of nitrogens with zero attached hydrogens (tertiary/aromatic N) is 1. The van der Waals surface area contributed by atoms with Crippen LogP contribution in [0.1, 0.15) is 34.3 Å². The number of halogens is 1. The van der Waals surface area contributed by atoms with Crippen LogP contribution in [0.5, 0.6) is 11.6 Å². The number of aromatic nitrogens is 1. The fourth-order valence-corrected chi connectivity index (χ4v) is 2.74. The number of aryl methyl sites for hydroxylation is 2. The summed E-state index contributed by atoms with van der Waals surface area (Å²) in [5.74, 6) is -0.216. The highest BCUT2D eigenvalue weighted by molar-refractivity contribution is 6.29. The Kier molecular flexibility index (Phi) is 3.80. The molecule has 2 aromatic rings.